The Morgan fingerprint density at radius 1 is 1.37 bits per heavy atom. The Hall–Kier alpha value is -2.37. The molecule has 1 N–H and O–H groups in total. The van der Waals surface area contributed by atoms with Crippen molar-refractivity contribution in [2.24, 2.45) is 0 Å². The lowest BCUT2D eigenvalue weighted by molar-refractivity contribution is 0.0692. The highest BCUT2D eigenvalue weighted by molar-refractivity contribution is 5.90. The van der Waals surface area contributed by atoms with E-state index in [1.807, 2.05) is 18.2 Å². The summed E-state index contributed by atoms with van der Waals surface area (Å²) in [6.45, 7) is -0.406. The van der Waals surface area contributed by atoms with E-state index in [1.54, 1.807) is 12.1 Å². The van der Waals surface area contributed by atoms with Gasteiger partial charge in [0.1, 0.15) is 5.56 Å². The van der Waals surface area contributed by atoms with Crippen molar-refractivity contribution in [1.29, 1.82) is 0 Å². The zero-order valence-electron chi connectivity index (χ0n) is 10.1. The van der Waals surface area contributed by atoms with Crippen LogP contribution in [0.1, 0.15) is 16.8 Å². The Balaban J connectivity index is 2.35. The summed E-state index contributed by atoms with van der Waals surface area (Å²) in [6.07, 6.45) is 1.43. The molecule has 0 unspecified atom stereocenters. The predicted octanol–water partition coefficient (Wildman–Crippen LogP) is 2.31. The van der Waals surface area contributed by atoms with Crippen molar-refractivity contribution in [2.75, 3.05) is 13.3 Å². The molecule has 0 bridgehead atoms. The molecule has 0 saturated carbocycles. The minimum absolute atomic E-state index is 0.0392. The third kappa shape index (κ3) is 2.90. The number of rotatable bonds is 6. The third-order valence-corrected chi connectivity index (χ3v) is 2.47. The number of carbonyl (C=O) groups is 1. The number of para-hydroxylation sites is 1. The van der Waals surface area contributed by atoms with Crippen molar-refractivity contribution in [2.45, 2.75) is 6.42 Å². The van der Waals surface area contributed by atoms with E-state index >= 15 is 0 Å². The fraction of sp³-hybridized carbons (Fsp3) is 0.231. The number of halogens is 1. The lowest BCUT2D eigenvalue weighted by Gasteiger charge is -2.09. The van der Waals surface area contributed by atoms with Gasteiger partial charge in [-0.05, 0) is 12.1 Å². The van der Waals surface area contributed by atoms with Crippen LogP contribution in [0.2, 0.25) is 0 Å². The van der Waals surface area contributed by atoms with Gasteiger partial charge in [0.25, 0.3) is 0 Å². The molecule has 0 aliphatic heterocycles. The van der Waals surface area contributed by atoms with E-state index in [9.17, 15) is 9.18 Å². The number of ether oxygens (including phenoxy) is 1. The smallest absolute Gasteiger partial charge is 0.342 e. The van der Waals surface area contributed by atoms with Crippen LogP contribution in [-0.2, 0) is 0 Å². The molecule has 1 aromatic heterocycles. The second-order valence-electron chi connectivity index (χ2n) is 3.81. The van der Waals surface area contributed by atoms with Gasteiger partial charge in [-0.3, -0.25) is 4.39 Å². The summed E-state index contributed by atoms with van der Waals surface area (Å²) in [5, 5.41) is 13.1. The summed E-state index contributed by atoms with van der Waals surface area (Å²) in [5.41, 5.74) is 0.646. The Morgan fingerprint density at radius 3 is 2.74 bits per heavy atom. The van der Waals surface area contributed by atoms with E-state index in [1.165, 1.54) is 10.9 Å². The molecule has 100 valence electrons. The first-order valence-corrected chi connectivity index (χ1v) is 5.79. The normalized spacial score (nSPS) is 10.4. The van der Waals surface area contributed by atoms with Crippen LogP contribution in [0.5, 0.6) is 5.88 Å². The fourth-order valence-electron chi connectivity index (χ4n) is 1.60. The average molecular weight is 264 g/mol. The number of carboxylic acids is 1. The number of hydrogen-bond donors (Lipinski definition) is 1. The summed E-state index contributed by atoms with van der Waals surface area (Å²) in [4.78, 5) is 11.1. The van der Waals surface area contributed by atoms with Gasteiger partial charge in [-0.1, -0.05) is 18.2 Å². The first-order chi connectivity index (χ1) is 9.24. The van der Waals surface area contributed by atoms with Gasteiger partial charge >= 0.3 is 5.97 Å². The Bertz CT molecular complexity index is 554. The third-order valence-electron chi connectivity index (χ3n) is 2.47. The molecule has 1 aromatic carbocycles. The van der Waals surface area contributed by atoms with Gasteiger partial charge in [0.15, 0.2) is 0 Å². The topological polar surface area (TPSA) is 64.3 Å². The molecule has 5 nitrogen and oxygen atoms in total. The minimum Gasteiger partial charge on any atom is -0.477 e. The SMILES string of the molecule is O=C(O)c1cnn(-c2ccccc2)c1OCCCF. The monoisotopic (exact) mass is 264 g/mol. The van der Waals surface area contributed by atoms with Crippen molar-refractivity contribution in [3.8, 4) is 11.6 Å². The van der Waals surface area contributed by atoms with E-state index in [0.29, 0.717) is 5.69 Å². The quantitative estimate of drug-likeness (QED) is 0.813. The summed E-state index contributed by atoms with van der Waals surface area (Å²) in [5.74, 6) is -1.01. The van der Waals surface area contributed by atoms with Gasteiger partial charge in [0.05, 0.1) is 25.2 Å². The summed E-state index contributed by atoms with van der Waals surface area (Å²) in [6, 6.07) is 9.02. The molecule has 0 fully saturated rings. The summed E-state index contributed by atoms with van der Waals surface area (Å²) < 4.78 is 18.8. The van der Waals surface area contributed by atoms with Crippen molar-refractivity contribution < 1.29 is 19.0 Å². The Labute approximate surface area is 109 Å². The largest absolute Gasteiger partial charge is 0.477 e. The van der Waals surface area contributed by atoms with Crippen LogP contribution in [0.15, 0.2) is 36.5 Å². The van der Waals surface area contributed by atoms with E-state index in [4.69, 9.17) is 9.84 Å². The van der Waals surface area contributed by atoms with Crippen LogP contribution >= 0.6 is 0 Å². The molecular weight excluding hydrogens is 251 g/mol. The maximum Gasteiger partial charge on any atom is 0.342 e. The predicted molar refractivity (Wildman–Crippen MR) is 66.6 cm³/mol. The molecule has 0 atom stereocenters. The number of benzene rings is 1. The first-order valence-electron chi connectivity index (χ1n) is 5.79. The zero-order chi connectivity index (χ0) is 13.7. The average Bonchev–Trinajstić information content (AvgIpc) is 2.84. The fourth-order valence-corrected chi connectivity index (χ4v) is 1.60. The Kier molecular flexibility index (Phi) is 4.12. The van der Waals surface area contributed by atoms with Crippen LogP contribution in [0.25, 0.3) is 5.69 Å². The number of aromatic carboxylic acids is 1. The highest BCUT2D eigenvalue weighted by Crippen LogP contribution is 2.22. The Morgan fingerprint density at radius 2 is 2.11 bits per heavy atom. The van der Waals surface area contributed by atoms with Crippen molar-refractivity contribution in [3.63, 3.8) is 0 Å². The highest BCUT2D eigenvalue weighted by atomic mass is 19.1. The molecule has 0 amide bonds. The molecule has 1 heterocycles. The van der Waals surface area contributed by atoms with Gasteiger partial charge < -0.3 is 9.84 Å². The van der Waals surface area contributed by atoms with Gasteiger partial charge in [0, 0.05) is 6.42 Å². The maximum atomic E-state index is 12.1. The van der Waals surface area contributed by atoms with Crippen LogP contribution in [0.4, 0.5) is 4.39 Å². The molecule has 0 spiro atoms. The summed E-state index contributed by atoms with van der Waals surface area (Å²) >= 11 is 0. The molecule has 2 aromatic rings. The molecule has 0 aliphatic rings. The van der Waals surface area contributed by atoms with Gasteiger partial charge in [-0.2, -0.15) is 5.10 Å². The van der Waals surface area contributed by atoms with Crippen LogP contribution in [0, 0.1) is 0 Å². The van der Waals surface area contributed by atoms with Crippen LogP contribution in [0.3, 0.4) is 0 Å². The first kappa shape index (κ1) is 13.1. The lowest BCUT2D eigenvalue weighted by atomic mass is 10.3. The molecule has 0 saturated heterocycles. The van der Waals surface area contributed by atoms with Crippen molar-refractivity contribution in [3.05, 3.63) is 42.1 Å². The van der Waals surface area contributed by atoms with E-state index in [0.717, 1.165) is 0 Å². The molecule has 0 radical (unpaired) electrons. The molecule has 19 heavy (non-hydrogen) atoms. The number of nitrogens with zero attached hydrogens (tertiary/aromatic N) is 2. The summed E-state index contributed by atoms with van der Waals surface area (Å²) in [7, 11) is 0. The van der Waals surface area contributed by atoms with Gasteiger partial charge in [-0.15, -0.1) is 0 Å². The number of hydrogen-bond acceptors (Lipinski definition) is 3. The standard InChI is InChI=1S/C13H13FN2O3/c14-7-4-8-19-12-11(13(17)18)9-15-16(12)10-5-2-1-3-6-10/h1-3,5-6,9H,4,7-8H2,(H,17,18). The molecule has 2 rings (SSSR count). The molecular formula is C13H13FN2O3. The zero-order valence-corrected chi connectivity index (χ0v) is 10.1. The van der Waals surface area contributed by atoms with E-state index in [2.05, 4.69) is 5.10 Å². The number of alkyl halides is 1. The van der Waals surface area contributed by atoms with Crippen LogP contribution < -0.4 is 4.74 Å². The molecule has 0 aliphatic carbocycles. The number of aromatic nitrogens is 2. The van der Waals surface area contributed by atoms with Gasteiger partial charge in [0.2, 0.25) is 5.88 Å². The molecule has 6 heteroatoms. The maximum absolute atomic E-state index is 12.1. The second kappa shape index (κ2) is 5.99. The lowest BCUT2D eigenvalue weighted by Crippen LogP contribution is -2.08. The van der Waals surface area contributed by atoms with E-state index < -0.39 is 12.6 Å². The van der Waals surface area contributed by atoms with Crippen LogP contribution in [-0.4, -0.2) is 34.1 Å². The van der Waals surface area contributed by atoms with Gasteiger partial charge in [-0.25, -0.2) is 9.48 Å². The van der Waals surface area contributed by atoms with Crippen molar-refractivity contribution in [1.82, 2.24) is 9.78 Å². The number of carboxylic acid groups (broad SMARTS) is 1. The van der Waals surface area contributed by atoms with E-state index in [-0.39, 0.29) is 24.5 Å². The highest BCUT2D eigenvalue weighted by Gasteiger charge is 2.19. The minimum atomic E-state index is -1.13. The second-order valence-corrected chi connectivity index (χ2v) is 3.81. The van der Waals surface area contributed by atoms with Crippen molar-refractivity contribution >= 4 is 5.97 Å².